The maximum Gasteiger partial charge on any atom is 0.339 e. The second-order valence-electron chi connectivity index (χ2n) is 4.96. The molecule has 24 heavy (non-hydrogen) atoms. The zero-order chi connectivity index (χ0) is 17.3. The van der Waals surface area contributed by atoms with Gasteiger partial charge in [-0.05, 0) is 19.1 Å². The number of rotatable bonds is 3. The first-order valence-electron chi connectivity index (χ1n) is 6.97. The van der Waals surface area contributed by atoms with Crippen LogP contribution >= 0.6 is 11.3 Å². The Kier molecular flexibility index (Phi) is 4.13. The van der Waals surface area contributed by atoms with Crippen molar-refractivity contribution >= 4 is 33.9 Å². The van der Waals surface area contributed by atoms with Crippen LogP contribution < -0.4 is 10.9 Å². The number of carbonyl (C=O) groups excluding carboxylic acids is 2. The fraction of sp³-hybridized carbons (Fsp3) is 0.125. The molecule has 0 aliphatic rings. The quantitative estimate of drug-likeness (QED) is 0.736. The van der Waals surface area contributed by atoms with E-state index in [0.29, 0.717) is 10.7 Å². The van der Waals surface area contributed by atoms with Gasteiger partial charge in [0, 0.05) is 17.3 Å². The zero-order valence-corrected chi connectivity index (χ0v) is 13.7. The molecule has 1 aromatic carbocycles. The Morgan fingerprint density at radius 2 is 2.00 bits per heavy atom. The monoisotopic (exact) mass is 343 g/mol. The number of para-hydroxylation sites is 1. The van der Waals surface area contributed by atoms with Crippen LogP contribution in [0.4, 0.5) is 5.69 Å². The summed E-state index contributed by atoms with van der Waals surface area (Å²) < 4.78 is 6.06. The van der Waals surface area contributed by atoms with Crippen molar-refractivity contribution in [2.45, 2.75) is 6.92 Å². The third kappa shape index (κ3) is 2.67. The number of carbonyl (C=O) groups is 2. The smallest absolute Gasteiger partial charge is 0.339 e. The molecule has 0 aliphatic carbocycles. The maximum atomic E-state index is 12.5. The number of aryl methyl sites for hydroxylation is 1. The van der Waals surface area contributed by atoms with E-state index in [1.165, 1.54) is 35.1 Å². The number of anilines is 1. The van der Waals surface area contributed by atoms with Crippen molar-refractivity contribution in [1.29, 1.82) is 0 Å². The minimum atomic E-state index is -0.635. The molecule has 3 rings (SSSR count). The van der Waals surface area contributed by atoms with Crippen LogP contribution in [-0.2, 0) is 4.74 Å². The van der Waals surface area contributed by atoms with Crippen molar-refractivity contribution in [1.82, 2.24) is 9.38 Å². The molecule has 0 fully saturated rings. The predicted octanol–water partition coefficient (Wildman–Crippen LogP) is 2.10. The lowest BCUT2D eigenvalue weighted by molar-refractivity contribution is 0.0602. The molecule has 0 atom stereocenters. The van der Waals surface area contributed by atoms with Crippen LogP contribution in [0.5, 0.6) is 0 Å². The number of esters is 1. The van der Waals surface area contributed by atoms with Crippen molar-refractivity contribution in [3.63, 3.8) is 0 Å². The summed E-state index contributed by atoms with van der Waals surface area (Å²) in [5, 5.41) is 4.36. The highest BCUT2D eigenvalue weighted by Crippen LogP contribution is 2.17. The number of ether oxygens (including phenoxy) is 1. The largest absolute Gasteiger partial charge is 0.465 e. The Labute approximate surface area is 140 Å². The van der Waals surface area contributed by atoms with E-state index in [-0.39, 0.29) is 16.8 Å². The number of fused-ring (bicyclic) bond motifs is 1. The fourth-order valence-corrected chi connectivity index (χ4v) is 3.08. The van der Waals surface area contributed by atoms with Crippen molar-refractivity contribution < 1.29 is 14.3 Å². The molecule has 0 saturated carbocycles. The lowest BCUT2D eigenvalue weighted by atomic mass is 10.1. The maximum absolute atomic E-state index is 12.5. The highest BCUT2D eigenvalue weighted by Gasteiger charge is 2.18. The normalized spacial score (nSPS) is 10.6. The molecular weight excluding hydrogens is 330 g/mol. The van der Waals surface area contributed by atoms with Crippen molar-refractivity contribution in [3.05, 3.63) is 63.0 Å². The molecule has 0 unspecified atom stereocenters. The second-order valence-corrected chi connectivity index (χ2v) is 5.80. The van der Waals surface area contributed by atoms with Gasteiger partial charge in [0.15, 0.2) is 4.96 Å². The molecule has 0 aliphatic heterocycles. The van der Waals surface area contributed by atoms with Gasteiger partial charge in [0.25, 0.3) is 11.5 Å². The third-order valence-electron chi connectivity index (χ3n) is 3.44. The number of benzene rings is 1. The minimum absolute atomic E-state index is 0.103. The summed E-state index contributed by atoms with van der Waals surface area (Å²) in [6.45, 7) is 1.76. The van der Waals surface area contributed by atoms with Gasteiger partial charge >= 0.3 is 5.97 Å². The summed E-state index contributed by atoms with van der Waals surface area (Å²) in [5.41, 5.74) is 0.618. The highest BCUT2D eigenvalue weighted by atomic mass is 32.1. The van der Waals surface area contributed by atoms with Crippen LogP contribution in [0.3, 0.4) is 0 Å². The number of aromatic nitrogens is 2. The van der Waals surface area contributed by atoms with E-state index in [1.807, 2.05) is 0 Å². The van der Waals surface area contributed by atoms with Crippen LogP contribution in [0.2, 0.25) is 0 Å². The Hall–Kier alpha value is -3.00. The topological polar surface area (TPSA) is 89.8 Å². The molecule has 0 spiro atoms. The molecule has 7 nitrogen and oxygen atoms in total. The van der Waals surface area contributed by atoms with Gasteiger partial charge < -0.3 is 10.1 Å². The van der Waals surface area contributed by atoms with Gasteiger partial charge in [-0.15, -0.1) is 11.3 Å². The summed E-state index contributed by atoms with van der Waals surface area (Å²) in [6.07, 6.45) is 1.24. The third-order valence-corrected chi connectivity index (χ3v) is 4.40. The van der Waals surface area contributed by atoms with Crippen molar-refractivity contribution in [2.75, 3.05) is 12.4 Å². The minimum Gasteiger partial charge on any atom is -0.465 e. The molecule has 1 amide bonds. The first kappa shape index (κ1) is 15.9. The van der Waals surface area contributed by atoms with E-state index in [0.717, 1.165) is 0 Å². The number of hydrogen-bond donors (Lipinski definition) is 1. The Balaban J connectivity index is 2.00. The van der Waals surface area contributed by atoms with Gasteiger partial charge in [-0.25, -0.2) is 9.78 Å². The van der Waals surface area contributed by atoms with Crippen LogP contribution in [-0.4, -0.2) is 28.4 Å². The number of methoxy groups -OCH3 is 1. The Bertz CT molecular complexity index is 1010. The lowest BCUT2D eigenvalue weighted by Gasteiger charge is -2.09. The van der Waals surface area contributed by atoms with E-state index in [1.54, 1.807) is 30.5 Å². The number of hydrogen-bond acceptors (Lipinski definition) is 6. The van der Waals surface area contributed by atoms with Gasteiger partial charge in [-0.1, -0.05) is 12.1 Å². The molecule has 0 bridgehead atoms. The van der Waals surface area contributed by atoms with E-state index in [4.69, 9.17) is 0 Å². The first-order valence-corrected chi connectivity index (χ1v) is 7.85. The second kappa shape index (κ2) is 6.25. The average molecular weight is 343 g/mol. The van der Waals surface area contributed by atoms with Gasteiger partial charge in [0.2, 0.25) is 0 Å². The van der Waals surface area contributed by atoms with E-state index in [2.05, 4.69) is 15.0 Å². The molecule has 8 heteroatoms. The number of nitrogens with zero attached hydrogens (tertiary/aromatic N) is 2. The van der Waals surface area contributed by atoms with E-state index >= 15 is 0 Å². The Morgan fingerprint density at radius 3 is 2.75 bits per heavy atom. The number of nitrogens with one attached hydrogen (secondary N) is 1. The highest BCUT2D eigenvalue weighted by molar-refractivity contribution is 7.15. The van der Waals surface area contributed by atoms with Gasteiger partial charge in [-0.2, -0.15) is 0 Å². The zero-order valence-electron chi connectivity index (χ0n) is 12.9. The van der Waals surface area contributed by atoms with Crippen LogP contribution in [0.25, 0.3) is 4.96 Å². The molecular formula is C16H13N3O4S. The average Bonchev–Trinajstić information content (AvgIpc) is 2.97. The van der Waals surface area contributed by atoms with Crippen LogP contribution in [0.15, 0.2) is 40.6 Å². The van der Waals surface area contributed by atoms with Gasteiger partial charge in [-0.3, -0.25) is 14.0 Å². The van der Waals surface area contributed by atoms with Gasteiger partial charge in [0.1, 0.15) is 5.56 Å². The molecule has 2 aromatic heterocycles. The molecule has 3 aromatic rings. The predicted molar refractivity (Wildman–Crippen MR) is 89.8 cm³/mol. The summed E-state index contributed by atoms with van der Waals surface area (Å²) in [7, 11) is 1.25. The fourth-order valence-electron chi connectivity index (χ4n) is 2.25. The van der Waals surface area contributed by atoms with Gasteiger partial charge in [0.05, 0.1) is 18.4 Å². The molecule has 0 saturated heterocycles. The molecule has 2 heterocycles. The molecule has 122 valence electrons. The first-order chi connectivity index (χ1) is 11.5. The van der Waals surface area contributed by atoms with Crippen LogP contribution in [0, 0.1) is 6.92 Å². The summed E-state index contributed by atoms with van der Waals surface area (Å²) >= 11 is 1.32. The Morgan fingerprint density at radius 1 is 1.25 bits per heavy atom. The van der Waals surface area contributed by atoms with E-state index < -0.39 is 17.4 Å². The molecule has 0 radical (unpaired) electrons. The number of thiazole rings is 1. The standard InChI is InChI=1S/C16H13N3O4S/c1-9-8-24-16-17-7-11(14(21)19(9)16)13(20)18-12-6-4-3-5-10(12)15(22)23-2/h3-8H,1-2H3,(H,18,20). The molecule has 1 N–H and O–H groups in total. The summed E-state index contributed by atoms with van der Waals surface area (Å²) in [6, 6.07) is 6.40. The van der Waals surface area contributed by atoms with Crippen molar-refractivity contribution in [2.24, 2.45) is 0 Å². The van der Waals surface area contributed by atoms with Crippen molar-refractivity contribution in [3.8, 4) is 0 Å². The summed E-state index contributed by atoms with van der Waals surface area (Å²) in [4.78, 5) is 41.4. The summed E-state index contributed by atoms with van der Waals surface area (Å²) in [5.74, 6) is -1.21. The lowest BCUT2D eigenvalue weighted by Crippen LogP contribution is -2.27. The van der Waals surface area contributed by atoms with E-state index in [9.17, 15) is 14.4 Å². The SMILES string of the molecule is COC(=O)c1ccccc1NC(=O)c1cnc2scc(C)n2c1=O. The number of amides is 1. The van der Waals surface area contributed by atoms with Crippen LogP contribution in [0.1, 0.15) is 26.4 Å².